The second kappa shape index (κ2) is 7.93. The van der Waals surface area contributed by atoms with E-state index in [0.29, 0.717) is 12.0 Å². The molecule has 15 heavy (non-hydrogen) atoms. The minimum Gasteiger partial charge on any atom is -0.543 e. The zero-order valence-corrected chi connectivity index (χ0v) is 13.2. The molecule has 0 atom stereocenters. The fourth-order valence-electron chi connectivity index (χ4n) is 0.939. The van der Waals surface area contributed by atoms with Gasteiger partial charge < -0.3 is 15.2 Å². The van der Waals surface area contributed by atoms with Gasteiger partial charge in [0, 0.05) is 0 Å². The molecule has 0 saturated carbocycles. The second-order valence-corrected chi connectivity index (χ2v) is 2.52. The van der Waals surface area contributed by atoms with Crippen molar-refractivity contribution in [2.75, 3.05) is 0 Å². The molecule has 1 N–H and O–H groups in total. The maximum absolute atomic E-state index is 10.5. The Hall–Kier alpha value is -0.295. The second-order valence-electron chi connectivity index (χ2n) is 2.52. The minimum absolute atomic E-state index is 0. The summed E-state index contributed by atoms with van der Waals surface area (Å²) >= 11 is 0. The van der Waals surface area contributed by atoms with Gasteiger partial charge in [-0.3, -0.25) is 4.79 Å². The van der Waals surface area contributed by atoms with E-state index in [9.17, 15) is 14.7 Å². The van der Waals surface area contributed by atoms with Gasteiger partial charge in [-0.25, -0.2) is 0 Å². The Morgan fingerprint density at radius 3 is 2.33 bits per heavy atom. The number of carbonyl (C=O) groups is 2. The summed E-state index contributed by atoms with van der Waals surface area (Å²) in [6, 6.07) is 8.77. The van der Waals surface area contributed by atoms with Gasteiger partial charge in [-0.15, -0.1) is 0 Å². The van der Waals surface area contributed by atoms with E-state index in [1.807, 2.05) is 11.4 Å². The summed E-state index contributed by atoms with van der Waals surface area (Å²) in [4.78, 5) is 20.6. The Morgan fingerprint density at radius 2 is 1.87 bits per heavy atom. The first-order valence-electron chi connectivity index (χ1n) is 3.92. The van der Waals surface area contributed by atoms with Crippen LogP contribution in [0.1, 0.15) is 5.56 Å². The molecule has 0 aliphatic rings. The maximum Gasteiger partial charge on any atom is 1.00 e. The van der Waals surface area contributed by atoms with Crippen LogP contribution in [0.25, 0.3) is 6.08 Å². The molecule has 4 nitrogen and oxygen atoms in total. The van der Waals surface area contributed by atoms with E-state index in [0.717, 1.165) is 0 Å². The summed E-state index contributed by atoms with van der Waals surface area (Å²) in [5.74, 6) is -1.42. The van der Waals surface area contributed by atoms with Crippen LogP contribution in [0.5, 0.6) is 0 Å². The van der Waals surface area contributed by atoms with E-state index in [-0.39, 0.29) is 63.9 Å². The first kappa shape index (κ1) is 14.7. The van der Waals surface area contributed by atoms with Crippen molar-refractivity contribution >= 4 is 18.5 Å². The van der Waals surface area contributed by atoms with E-state index in [1.54, 1.807) is 24.3 Å². The number of rotatable bonds is 4. The van der Waals surface area contributed by atoms with Gasteiger partial charge in [0.05, 0.1) is 11.7 Å². The first-order chi connectivity index (χ1) is 6.74. The van der Waals surface area contributed by atoms with Crippen molar-refractivity contribution in [3.8, 4) is 0 Å². The van der Waals surface area contributed by atoms with Crippen LogP contribution in [0.15, 0.2) is 36.0 Å². The molecule has 0 unspecified atom stereocenters. The fourth-order valence-corrected chi connectivity index (χ4v) is 0.939. The van der Waals surface area contributed by atoms with Crippen molar-refractivity contribution in [1.29, 1.82) is 0 Å². The molecule has 1 aromatic rings. The molecule has 0 fully saturated rings. The van der Waals surface area contributed by atoms with Crippen LogP contribution >= 0.6 is 0 Å². The van der Waals surface area contributed by atoms with Gasteiger partial charge in [-0.1, -0.05) is 30.3 Å². The van der Waals surface area contributed by atoms with E-state index in [4.69, 9.17) is 0 Å². The first-order valence-corrected chi connectivity index (χ1v) is 3.92. The van der Waals surface area contributed by atoms with Gasteiger partial charge in [0.1, 0.15) is 0 Å². The predicted molar refractivity (Wildman–Crippen MR) is 48.6 cm³/mol. The Balaban J connectivity index is 0.00000196. The van der Waals surface area contributed by atoms with Gasteiger partial charge in [0.25, 0.3) is 0 Å². The number of carbonyl (C=O) groups excluding carboxylic acids is 2. The maximum atomic E-state index is 10.5. The molecule has 0 radical (unpaired) electrons. The zero-order chi connectivity index (χ0) is 10.4. The molecule has 0 heterocycles. The van der Waals surface area contributed by atoms with Crippen LogP contribution in [-0.4, -0.2) is 12.4 Å². The monoisotopic (exact) mass is 275 g/mol. The van der Waals surface area contributed by atoms with Crippen LogP contribution in [0.2, 0.25) is 0 Å². The standard InChI is InChI=1S/C10H9NO3.Rb/c12-7-11-9(10(13)14)6-8-4-2-1-3-5-8;/h1-7H,(H,11,12)(H,13,14);/q;+1/p-1/b9-6-;. The Kier molecular flexibility index (Phi) is 7.77. The molecule has 0 bridgehead atoms. The topological polar surface area (TPSA) is 69.2 Å². The van der Waals surface area contributed by atoms with Crippen LogP contribution in [0.3, 0.4) is 0 Å². The number of amides is 1. The van der Waals surface area contributed by atoms with Crippen molar-refractivity contribution in [3.05, 3.63) is 41.6 Å². The van der Waals surface area contributed by atoms with Crippen molar-refractivity contribution in [2.24, 2.45) is 0 Å². The minimum atomic E-state index is -1.42. The Bertz CT molecular complexity index is 362. The molecule has 0 aliphatic carbocycles. The Morgan fingerprint density at radius 1 is 1.27 bits per heavy atom. The van der Waals surface area contributed by atoms with E-state index in [2.05, 4.69) is 0 Å². The fraction of sp³-hybridized carbons (Fsp3) is 0. The van der Waals surface area contributed by atoms with Crippen LogP contribution in [0.4, 0.5) is 0 Å². The van der Waals surface area contributed by atoms with Crippen molar-refractivity contribution in [2.45, 2.75) is 0 Å². The van der Waals surface area contributed by atoms with Crippen molar-refractivity contribution < 1.29 is 72.9 Å². The molecule has 1 aromatic carbocycles. The summed E-state index contributed by atoms with van der Waals surface area (Å²) in [5, 5.41) is 12.5. The molecule has 5 heteroatoms. The predicted octanol–water partition coefficient (Wildman–Crippen LogP) is -3.47. The summed E-state index contributed by atoms with van der Waals surface area (Å²) < 4.78 is 0. The number of carboxylic acid groups (broad SMARTS) is 1. The molecular formula is C10H8NO3Rb. The smallest absolute Gasteiger partial charge is 0.543 e. The zero-order valence-electron chi connectivity index (χ0n) is 8.27. The number of hydrogen-bond donors (Lipinski definition) is 1. The van der Waals surface area contributed by atoms with Crippen LogP contribution in [-0.2, 0) is 9.59 Å². The van der Waals surface area contributed by atoms with E-state index >= 15 is 0 Å². The molecule has 0 aliphatic heterocycles. The van der Waals surface area contributed by atoms with Gasteiger partial charge >= 0.3 is 58.2 Å². The van der Waals surface area contributed by atoms with Gasteiger partial charge in [-0.05, 0) is 11.6 Å². The van der Waals surface area contributed by atoms with Crippen molar-refractivity contribution in [1.82, 2.24) is 5.32 Å². The molecule has 1 rings (SSSR count). The molecule has 1 amide bonds. The number of nitrogens with one attached hydrogen (secondary N) is 1. The SMILES string of the molecule is O=CN/C(=C\c1ccccc1)C(=O)[O-].[Rb+]. The number of aliphatic carboxylic acids is 1. The van der Waals surface area contributed by atoms with Gasteiger partial charge in [0.2, 0.25) is 6.41 Å². The number of benzene rings is 1. The Labute approximate surface area is 136 Å². The third-order valence-electron chi connectivity index (χ3n) is 1.54. The molecule has 0 aromatic heterocycles. The summed E-state index contributed by atoms with van der Waals surface area (Å²) in [5.41, 5.74) is 0.423. The largest absolute Gasteiger partial charge is 1.00 e. The van der Waals surface area contributed by atoms with Crippen LogP contribution in [0, 0.1) is 0 Å². The number of carboxylic acids is 1. The van der Waals surface area contributed by atoms with Gasteiger partial charge in [-0.2, -0.15) is 0 Å². The third kappa shape index (κ3) is 5.37. The summed E-state index contributed by atoms with van der Waals surface area (Å²) in [6.45, 7) is 0. The quantitative estimate of drug-likeness (QED) is 0.459. The third-order valence-corrected chi connectivity index (χ3v) is 1.54. The molecule has 72 valence electrons. The summed E-state index contributed by atoms with van der Waals surface area (Å²) in [7, 11) is 0. The molecule has 0 saturated heterocycles. The van der Waals surface area contributed by atoms with E-state index < -0.39 is 5.97 Å². The summed E-state index contributed by atoms with van der Waals surface area (Å²) in [6.07, 6.45) is 1.62. The van der Waals surface area contributed by atoms with Gasteiger partial charge in [0.15, 0.2) is 0 Å². The van der Waals surface area contributed by atoms with Crippen molar-refractivity contribution in [3.63, 3.8) is 0 Å². The normalized spacial score (nSPS) is 10.0. The molecule has 0 spiro atoms. The van der Waals surface area contributed by atoms with Crippen LogP contribution < -0.4 is 68.6 Å². The number of hydrogen-bond acceptors (Lipinski definition) is 3. The average molecular weight is 276 g/mol. The van der Waals surface area contributed by atoms with E-state index in [1.165, 1.54) is 6.08 Å². The average Bonchev–Trinajstić information content (AvgIpc) is 2.18. The molecular weight excluding hydrogens is 268 g/mol.